The number of nitrogens with one attached hydrogen (secondary N) is 1. The molecule has 0 atom stereocenters. The zero-order chi connectivity index (χ0) is 19.8. The second kappa shape index (κ2) is 9.78. The molecule has 6 nitrogen and oxygen atoms in total. The van der Waals surface area contributed by atoms with Crippen LogP contribution >= 0.6 is 23.3 Å². The number of nitriles is 1. The van der Waals surface area contributed by atoms with E-state index in [1.807, 2.05) is 36.4 Å². The van der Waals surface area contributed by atoms with E-state index in [0.717, 1.165) is 11.3 Å². The second-order valence-electron chi connectivity index (χ2n) is 5.56. The van der Waals surface area contributed by atoms with Gasteiger partial charge in [-0.15, -0.1) is 0 Å². The van der Waals surface area contributed by atoms with Crippen LogP contribution in [0.5, 0.6) is 11.5 Å². The smallest absolute Gasteiger partial charge is 0.161 e. The summed E-state index contributed by atoms with van der Waals surface area (Å²) in [5, 5.41) is 15.1. The fraction of sp³-hybridized carbons (Fsp3) is 0.150. The Morgan fingerprint density at radius 3 is 2.68 bits per heavy atom. The lowest BCUT2D eigenvalue weighted by atomic mass is 10.2. The van der Waals surface area contributed by atoms with Gasteiger partial charge in [0.25, 0.3) is 0 Å². The maximum Gasteiger partial charge on any atom is 0.161 e. The molecule has 1 N–H and O–H groups in total. The molecule has 0 aliphatic carbocycles. The molecule has 0 radical (unpaired) electrons. The number of hydrogen-bond donors (Lipinski definition) is 1. The lowest BCUT2D eigenvalue weighted by Crippen LogP contribution is -1.94. The van der Waals surface area contributed by atoms with Crippen LogP contribution in [-0.4, -0.2) is 24.8 Å². The van der Waals surface area contributed by atoms with Gasteiger partial charge in [0.1, 0.15) is 21.7 Å². The van der Waals surface area contributed by atoms with E-state index in [2.05, 4.69) is 33.1 Å². The van der Waals surface area contributed by atoms with Crippen molar-refractivity contribution in [3.8, 4) is 17.6 Å². The number of methoxy groups -OCH3 is 2. The Labute approximate surface area is 172 Å². The van der Waals surface area contributed by atoms with E-state index in [-0.39, 0.29) is 0 Å². The van der Waals surface area contributed by atoms with Crippen molar-refractivity contribution >= 4 is 34.5 Å². The highest BCUT2D eigenvalue weighted by atomic mass is 32.2. The van der Waals surface area contributed by atoms with Crippen LogP contribution < -0.4 is 14.9 Å². The van der Waals surface area contributed by atoms with Gasteiger partial charge in [-0.3, -0.25) is 5.43 Å². The summed E-state index contributed by atoms with van der Waals surface area (Å²) < 4.78 is 14.9. The average molecular weight is 411 g/mol. The molecule has 28 heavy (non-hydrogen) atoms. The standard InChI is InChI=1S/C20H18N4O2S2/c1-25-17-9-8-15(10-18(17)26-2)12-22-23-19-16(11-21)20(24-28-19)27-13-14-6-4-3-5-7-14/h3-10,12,23H,13H2,1-2H3/b22-12+. The second-order valence-corrected chi connectivity index (χ2v) is 7.30. The summed E-state index contributed by atoms with van der Waals surface area (Å²) in [4.78, 5) is 0. The van der Waals surface area contributed by atoms with E-state index in [1.54, 1.807) is 20.4 Å². The van der Waals surface area contributed by atoms with Crippen LogP contribution in [0.3, 0.4) is 0 Å². The Kier molecular flexibility index (Phi) is 6.89. The van der Waals surface area contributed by atoms with E-state index >= 15 is 0 Å². The Balaban J connectivity index is 1.67. The summed E-state index contributed by atoms with van der Waals surface area (Å²) >= 11 is 2.76. The molecule has 0 saturated heterocycles. The number of hydrogen-bond acceptors (Lipinski definition) is 8. The summed E-state index contributed by atoms with van der Waals surface area (Å²) in [6.45, 7) is 0. The maximum absolute atomic E-state index is 9.51. The molecule has 1 aromatic heterocycles. The lowest BCUT2D eigenvalue weighted by Gasteiger charge is -2.07. The van der Waals surface area contributed by atoms with Gasteiger partial charge in [0.05, 0.1) is 20.4 Å². The van der Waals surface area contributed by atoms with Gasteiger partial charge in [0, 0.05) is 5.75 Å². The Bertz CT molecular complexity index is 997. The number of nitrogens with zero attached hydrogens (tertiary/aromatic N) is 3. The Morgan fingerprint density at radius 2 is 1.96 bits per heavy atom. The van der Waals surface area contributed by atoms with Gasteiger partial charge in [-0.05, 0) is 40.9 Å². The van der Waals surface area contributed by atoms with Crippen molar-refractivity contribution in [2.75, 3.05) is 19.6 Å². The van der Waals surface area contributed by atoms with E-state index in [9.17, 15) is 5.26 Å². The first kappa shape index (κ1) is 19.7. The van der Waals surface area contributed by atoms with Gasteiger partial charge < -0.3 is 9.47 Å². The summed E-state index contributed by atoms with van der Waals surface area (Å²) in [5.41, 5.74) is 5.45. The van der Waals surface area contributed by atoms with E-state index in [0.29, 0.717) is 27.1 Å². The molecule has 142 valence electrons. The minimum Gasteiger partial charge on any atom is -0.493 e. The van der Waals surface area contributed by atoms with Gasteiger partial charge in [-0.25, -0.2) is 0 Å². The van der Waals surface area contributed by atoms with Gasteiger partial charge in [-0.1, -0.05) is 42.1 Å². The number of benzene rings is 2. The van der Waals surface area contributed by atoms with Crippen LogP contribution in [0.1, 0.15) is 16.7 Å². The molecule has 3 rings (SSSR count). The zero-order valence-corrected chi connectivity index (χ0v) is 17.0. The van der Waals surface area contributed by atoms with Gasteiger partial charge in [-0.2, -0.15) is 14.7 Å². The minimum atomic E-state index is 0.510. The molecule has 0 unspecified atom stereocenters. The third-order valence-electron chi connectivity index (χ3n) is 3.78. The number of hydrazone groups is 1. The third-order valence-corrected chi connectivity index (χ3v) is 5.69. The van der Waals surface area contributed by atoms with Crippen molar-refractivity contribution in [3.05, 3.63) is 65.2 Å². The van der Waals surface area contributed by atoms with E-state index < -0.39 is 0 Å². The van der Waals surface area contributed by atoms with Gasteiger partial charge in [0.15, 0.2) is 11.5 Å². The van der Waals surface area contributed by atoms with E-state index in [1.165, 1.54) is 28.9 Å². The first-order valence-corrected chi connectivity index (χ1v) is 10.1. The van der Waals surface area contributed by atoms with Crippen LogP contribution in [0.4, 0.5) is 5.00 Å². The molecule has 0 fully saturated rings. The zero-order valence-electron chi connectivity index (χ0n) is 15.4. The van der Waals surface area contributed by atoms with Gasteiger partial charge >= 0.3 is 0 Å². The topological polar surface area (TPSA) is 79.5 Å². The SMILES string of the molecule is COc1ccc(/C=N/Nc2snc(SCc3ccccc3)c2C#N)cc1OC. The molecule has 0 saturated carbocycles. The van der Waals surface area contributed by atoms with Crippen LogP contribution in [-0.2, 0) is 5.75 Å². The molecular formula is C20H18N4O2S2. The first-order valence-electron chi connectivity index (χ1n) is 8.32. The molecule has 0 bridgehead atoms. The maximum atomic E-state index is 9.51. The predicted molar refractivity (Wildman–Crippen MR) is 114 cm³/mol. The highest BCUT2D eigenvalue weighted by Crippen LogP contribution is 2.33. The summed E-state index contributed by atoms with van der Waals surface area (Å²) in [6.07, 6.45) is 1.65. The van der Waals surface area contributed by atoms with Crippen molar-refractivity contribution in [1.82, 2.24) is 4.37 Å². The first-order chi connectivity index (χ1) is 13.7. The van der Waals surface area contributed by atoms with Crippen molar-refractivity contribution in [1.29, 1.82) is 5.26 Å². The summed E-state index contributed by atoms with van der Waals surface area (Å²) in [5.74, 6) is 2.04. The number of ether oxygens (including phenoxy) is 2. The van der Waals surface area contributed by atoms with E-state index in [4.69, 9.17) is 9.47 Å². The van der Waals surface area contributed by atoms with Gasteiger partial charge in [0.2, 0.25) is 0 Å². The normalized spacial score (nSPS) is 10.6. The van der Waals surface area contributed by atoms with Crippen molar-refractivity contribution in [3.63, 3.8) is 0 Å². The lowest BCUT2D eigenvalue weighted by molar-refractivity contribution is 0.355. The van der Waals surface area contributed by atoms with Crippen LogP contribution in [0.15, 0.2) is 58.7 Å². The quantitative estimate of drug-likeness (QED) is 0.327. The van der Waals surface area contributed by atoms with Crippen LogP contribution in [0.25, 0.3) is 0 Å². The van der Waals surface area contributed by atoms with Crippen molar-refractivity contribution < 1.29 is 9.47 Å². The number of anilines is 1. The largest absolute Gasteiger partial charge is 0.493 e. The summed E-state index contributed by atoms with van der Waals surface area (Å²) in [7, 11) is 3.18. The van der Waals surface area contributed by atoms with Crippen molar-refractivity contribution in [2.24, 2.45) is 5.10 Å². The average Bonchev–Trinajstić information content (AvgIpc) is 3.14. The third kappa shape index (κ3) is 4.82. The number of aromatic nitrogens is 1. The number of rotatable bonds is 8. The molecule has 1 heterocycles. The highest BCUT2D eigenvalue weighted by molar-refractivity contribution is 7.98. The molecule has 3 aromatic rings. The molecule has 8 heteroatoms. The van der Waals surface area contributed by atoms with Crippen LogP contribution in [0.2, 0.25) is 0 Å². The molecule has 0 aliphatic rings. The predicted octanol–water partition coefficient (Wildman–Crippen LogP) is 4.77. The molecule has 0 spiro atoms. The monoisotopic (exact) mass is 410 g/mol. The minimum absolute atomic E-state index is 0.510. The highest BCUT2D eigenvalue weighted by Gasteiger charge is 2.14. The fourth-order valence-corrected chi connectivity index (χ4v) is 4.14. The molecule has 0 aliphatic heterocycles. The summed E-state index contributed by atoms with van der Waals surface area (Å²) in [6, 6.07) is 17.8. The fourth-order valence-electron chi connectivity index (χ4n) is 2.37. The molecule has 2 aromatic carbocycles. The molecular weight excluding hydrogens is 392 g/mol. The van der Waals surface area contributed by atoms with Crippen molar-refractivity contribution in [2.45, 2.75) is 10.8 Å². The number of thioether (sulfide) groups is 1. The Hall–Kier alpha value is -3.02. The Morgan fingerprint density at radius 1 is 1.18 bits per heavy atom. The van der Waals surface area contributed by atoms with Crippen LogP contribution in [0, 0.1) is 11.3 Å². The molecule has 0 amide bonds.